The summed E-state index contributed by atoms with van der Waals surface area (Å²) in [4.78, 5) is 11.5. The normalized spacial score (nSPS) is 10.3. The zero-order valence-electron chi connectivity index (χ0n) is 10.4. The molecule has 0 saturated carbocycles. The summed E-state index contributed by atoms with van der Waals surface area (Å²) in [6, 6.07) is 13.4. The molecule has 0 unspecified atom stereocenters. The highest BCUT2D eigenvalue weighted by Gasteiger charge is 2.08. The minimum Gasteiger partial charge on any atom is -0.434 e. The molecular formula is C15H16O3. The third-order valence-electron chi connectivity index (χ3n) is 2.66. The van der Waals surface area contributed by atoms with Crippen molar-refractivity contribution in [2.75, 3.05) is 6.61 Å². The number of carbonyl (C=O) groups is 1. The average molecular weight is 244 g/mol. The Labute approximate surface area is 106 Å². The molecule has 2 aromatic carbocycles. The summed E-state index contributed by atoms with van der Waals surface area (Å²) in [5.74, 6) is 0.537. The topological polar surface area (TPSA) is 35.5 Å². The maximum Gasteiger partial charge on any atom is 0.513 e. The lowest BCUT2D eigenvalue weighted by Gasteiger charge is -2.07. The van der Waals surface area contributed by atoms with Gasteiger partial charge in [0, 0.05) is 5.39 Å². The van der Waals surface area contributed by atoms with Gasteiger partial charge < -0.3 is 9.47 Å². The number of hydrogen-bond acceptors (Lipinski definition) is 3. The molecule has 0 radical (unpaired) electrons. The van der Waals surface area contributed by atoms with Crippen LogP contribution in [0.15, 0.2) is 42.5 Å². The Morgan fingerprint density at radius 2 is 1.89 bits per heavy atom. The molecule has 94 valence electrons. The van der Waals surface area contributed by atoms with E-state index >= 15 is 0 Å². The molecule has 0 N–H and O–H groups in total. The van der Waals surface area contributed by atoms with E-state index in [9.17, 15) is 4.79 Å². The number of fused-ring (bicyclic) bond motifs is 1. The van der Waals surface area contributed by atoms with Crippen molar-refractivity contribution in [1.29, 1.82) is 0 Å². The predicted molar refractivity (Wildman–Crippen MR) is 70.8 cm³/mol. The van der Waals surface area contributed by atoms with Crippen molar-refractivity contribution in [3.63, 3.8) is 0 Å². The summed E-state index contributed by atoms with van der Waals surface area (Å²) in [6.45, 7) is 2.44. The van der Waals surface area contributed by atoms with E-state index in [1.807, 2.05) is 43.3 Å². The summed E-state index contributed by atoms with van der Waals surface area (Å²) in [5.41, 5.74) is 0. The van der Waals surface area contributed by atoms with Gasteiger partial charge in [-0.25, -0.2) is 4.79 Å². The summed E-state index contributed by atoms with van der Waals surface area (Å²) in [5, 5.41) is 1.95. The van der Waals surface area contributed by atoms with Gasteiger partial charge >= 0.3 is 6.16 Å². The largest absolute Gasteiger partial charge is 0.513 e. The van der Waals surface area contributed by atoms with Crippen LogP contribution in [0.2, 0.25) is 0 Å². The molecule has 0 spiro atoms. The smallest absolute Gasteiger partial charge is 0.434 e. The van der Waals surface area contributed by atoms with E-state index in [2.05, 4.69) is 0 Å². The predicted octanol–water partition coefficient (Wildman–Crippen LogP) is 4.16. The lowest BCUT2D eigenvalue weighted by Crippen LogP contribution is -2.11. The molecule has 2 aromatic rings. The zero-order chi connectivity index (χ0) is 12.8. The second kappa shape index (κ2) is 6.05. The summed E-state index contributed by atoms with van der Waals surface area (Å²) in [6.07, 6.45) is 1.20. The van der Waals surface area contributed by atoms with Gasteiger partial charge in [-0.1, -0.05) is 49.7 Å². The first-order valence-electron chi connectivity index (χ1n) is 6.13. The van der Waals surface area contributed by atoms with E-state index in [4.69, 9.17) is 9.47 Å². The monoisotopic (exact) mass is 244 g/mol. The molecule has 0 saturated heterocycles. The van der Waals surface area contributed by atoms with Crippen molar-refractivity contribution < 1.29 is 14.3 Å². The van der Waals surface area contributed by atoms with Crippen LogP contribution < -0.4 is 4.74 Å². The van der Waals surface area contributed by atoms with Crippen molar-refractivity contribution in [2.45, 2.75) is 19.8 Å². The molecular weight excluding hydrogens is 228 g/mol. The average Bonchev–Trinajstić information content (AvgIpc) is 2.39. The van der Waals surface area contributed by atoms with Crippen molar-refractivity contribution in [3.8, 4) is 5.75 Å². The number of hydrogen-bond donors (Lipinski definition) is 0. The van der Waals surface area contributed by atoms with Gasteiger partial charge in [0.2, 0.25) is 0 Å². The maximum atomic E-state index is 11.5. The molecule has 2 rings (SSSR count). The lowest BCUT2D eigenvalue weighted by atomic mass is 10.1. The first-order chi connectivity index (χ1) is 8.81. The molecule has 0 heterocycles. The summed E-state index contributed by atoms with van der Waals surface area (Å²) >= 11 is 0. The fourth-order valence-corrected chi connectivity index (χ4v) is 1.70. The van der Waals surface area contributed by atoms with Crippen LogP contribution in [0.5, 0.6) is 5.75 Å². The third kappa shape index (κ3) is 3.00. The van der Waals surface area contributed by atoms with Gasteiger partial charge in [0.05, 0.1) is 6.61 Å². The summed E-state index contributed by atoms with van der Waals surface area (Å²) in [7, 11) is 0. The van der Waals surface area contributed by atoms with Crippen LogP contribution in [0, 0.1) is 0 Å². The van der Waals surface area contributed by atoms with E-state index in [0.29, 0.717) is 12.4 Å². The SMILES string of the molecule is CCCCOC(=O)Oc1cccc2ccccc12. The molecule has 0 fully saturated rings. The minimum atomic E-state index is -0.639. The Morgan fingerprint density at radius 1 is 1.11 bits per heavy atom. The van der Waals surface area contributed by atoms with Gasteiger partial charge in [-0.05, 0) is 17.9 Å². The molecule has 3 nitrogen and oxygen atoms in total. The van der Waals surface area contributed by atoms with Crippen LogP contribution >= 0.6 is 0 Å². The van der Waals surface area contributed by atoms with Gasteiger partial charge in [0.15, 0.2) is 0 Å². The molecule has 18 heavy (non-hydrogen) atoms. The molecule has 3 heteroatoms. The van der Waals surface area contributed by atoms with E-state index in [1.165, 1.54) is 0 Å². The van der Waals surface area contributed by atoms with Gasteiger partial charge in [-0.3, -0.25) is 0 Å². The number of unbranched alkanes of at least 4 members (excludes halogenated alkanes) is 1. The highest BCUT2D eigenvalue weighted by Crippen LogP contribution is 2.25. The quantitative estimate of drug-likeness (QED) is 0.460. The van der Waals surface area contributed by atoms with E-state index < -0.39 is 6.16 Å². The Bertz CT molecular complexity index is 529. The second-order valence-corrected chi connectivity index (χ2v) is 4.03. The van der Waals surface area contributed by atoms with Crippen LogP contribution in [-0.4, -0.2) is 12.8 Å². The van der Waals surface area contributed by atoms with Gasteiger partial charge in [-0.15, -0.1) is 0 Å². The maximum absolute atomic E-state index is 11.5. The highest BCUT2D eigenvalue weighted by atomic mass is 16.7. The van der Waals surface area contributed by atoms with Gasteiger partial charge in [-0.2, -0.15) is 0 Å². The summed E-state index contributed by atoms with van der Waals surface area (Å²) < 4.78 is 10.2. The van der Waals surface area contributed by atoms with Gasteiger partial charge in [0.25, 0.3) is 0 Å². The first-order valence-corrected chi connectivity index (χ1v) is 6.13. The molecule has 0 aliphatic heterocycles. The van der Waals surface area contributed by atoms with Gasteiger partial charge in [0.1, 0.15) is 5.75 Å². The van der Waals surface area contributed by atoms with Crippen LogP contribution in [0.25, 0.3) is 10.8 Å². The fourth-order valence-electron chi connectivity index (χ4n) is 1.70. The van der Waals surface area contributed by atoms with Crippen molar-refractivity contribution in [2.24, 2.45) is 0 Å². The third-order valence-corrected chi connectivity index (χ3v) is 2.66. The van der Waals surface area contributed by atoms with Crippen LogP contribution in [-0.2, 0) is 4.74 Å². The molecule has 0 aliphatic rings. The van der Waals surface area contributed by atoms with E-state index in [-0.39, 0.29) is 0 Å². The van der Waals surface area contributed by atoms with E-state index in [0.717, 1.165) is 23.6 Å². The Balaban J connectivity index is 2.09. The van der Waals surface area contributed by atoms with Crippen molar-refractivity contribution in [3.05, 3.63) is 42.5 Å². The standard InChI is InChI=1S/C15H16O3/c1-2-3-11-17-15(16)18-14-10-6-8-12-7-4-5-9-13(12)14/h4-10H,2-3,11H2,1H3. The number of carbonyl (C=O) groups excluding carboxylic acids is 1. The molecule has 0 bridgehead atoms. The lowest BCUT2D eigenvalue weighted by molar-refractivity contribution is 0.0983. The van der Waals surface area contributed by atoms with Crippen LogP contribution in [0.4, 0.5) is 4.79 Å². The number of ether oxygens (including phenoxy) is 2. The number of benzene rings is 2. The number of rotatable bonds is 4. The van der Waals surface area contributed by atoms with E-state index in [1.54, 1.807) is 6.07 Å². The zero-order valence-corrected chi connectivity index (χ0v) is 10.4. The Hall–Kier alpha value is -2.03. The highest BCUT2D eigenvalue weighted by molar-refractivity contribution is 5.89. The molecule has 0 amide bonds. The van der Waals surface area contributed by atoms with Crippen molar-refractivity contribution in [1.82, 2.24) is 0 Å². The minimum absolute atomic E-state index is 0.403. The molecule has 0 atom stereocenters. The molecule has 0 aromatic heterocycles. The molecule has 0 aliphatic carbocycles. The Morgan fingerprint density at radius 3 is 2.72 bits per heavy atom. The van der Waals surface area contributed by atoms with Crippen LogP contribution in [0.1, 0.15) is 19.8 Å². The van der Waals surface area contributed by atoms with Crippen LogP contribution in [0.3, 0.4) is 0 Å². The van der Waals surface area contributed by atoms with Crippen molar-refractivity contribution >= 4 is 16.9 Å². The fraction of sp³-hybridized carbons (Fsp3) is 0.267. The second-order valence-electron chi connectivity index (χ2n) is 4.03. The Kier molecular flexibility index (Phi) is 4.18. The first kappa shape index (κ1) is 12.4.